The maximum Gasteiger partial charge on any atom is 0.335 e. The van der Waals surface area contributed by atoms with Gasteiger partial charge in [0.15, 0.2) is 0 Å². The van der Waals surface area contributed by atoms with Crippen molar-refractivity contribution in [2.24, 2.45) is 0 Å². The van der Waals surface area contributed by atoms with Gasteiger partial charge in [0.1, 0.15) is 11.4 Å². The Kier molecular flexibility index (Phi) is 3.40. The highest BCUT2D eigenvalue weighted by atomic mass is 16.4. The number of hydrogen-bond acceptors (Lipinski definition) is 5. The van der Waals surface area contributed by atoms with E-state index in [1.165, 1.54) is 6.07 Å². The number of carboxylic acid groups (broad SMARTS) is 1. The van der Waals surface area contributed by atoms with Crippen LogP contribution in [0.1, 0.15) is 27.3 Å². The molecule has 0 unspecified atom stereocenters. The maximum absolute atomic E-state index is 11.3. The number of fused-ring (bicyclic) bond motifs is 1. The number of rotatable bonds is 3. The van der Waals surface area contributed by atoms with Gasteiger partial charge in [-0.1, -0.05) is 0 Å². The lowest BCUT2D eigenvalue weighted by Gasteiger charge is -2.09. The van der Waals surface area contributed by atoms with Gasteiger partial charge < -0.3 is 20.5 Å². The number of carbonyl (C=O) groups is 1. The Morgan fingerprint density at radius 3 is 2.70 bits per heavy atom. The van der Waals surface area contributed by atoms with Gasteiger partial charge in [0, 0.05) is 5.69 Å². The molecular formula is C16H16N4O3. The van der Waals surface area contributed by atoms with Gasteiger partial charge in [-0.2, -0.15) is 0 Å². The zero-order chi connectivity index (χ0) is 16.7. The lowest BCUT2D eigenvalue weighted by Crippen LogP contribution is -2.07. The van der Waals surface area contributed by atoms with E-state index in [-0.39, 0.29) is 23.8 Å². The van der Waals surface area contributed by atoms with Crippen LogP contribution in [0.4, 0.5) is 5.95 Å². The molecule has 3 aromatic rings. The molecule has 0 aliphatic rings. The number of nitrogens with zero attached hydrogens (tertiary/aromatic N) is 3. The Morgan fingerprint density at radius 2 is 2.00 bits per heavy atom. The van der Waals surface area contributed by atoms with Gasteiger partial charge in [-0.05, 0) is 43.7 Å². The third kappa shape index (κ3) is 2.57. The minimum atomic E-state index is -1.02. The van der Waals surface area contributed by atoms with Crippen molar-refractivity contribution < 1.29 is 15.0 Å². The molecular weight excluding hydrogens is 296 g/mol. The predicted octanol–water partition coefficient (Wildman–Crippen LogP) is 2.08. The molecule has 1 aromatic carbocycles. The number of aromatic hydroxyl groups is 1. The van der Waals surface area contributed by atoms with Crippen molar-refractivity contribution in [3.63, 3.8) is 0 Å². The molecule has 0 amide bonds. The minimum absolute atomic E-state index is 0.0583. The van der Waals surface area contributed by atoms with Crippen LogP contribution in [0.15, 0.2) is 24.3 Å². The lowest BCUT2D eigenvalue weighted by atomic mass is 10.1. The molecule has 2 aromatic heterocycles. The fraction of sp³-hybridized carbons (Fsp3) is 0.188. The van der Waals surface area contributed by atoms with Crippen molar-refractivity contribution in [2.45, 2.75) is 20.4 Å². The van der Waals surface area contributed by atoms with Crippen LogP contribution in [-0.2, 0) is 6.54 Å². The van der Waals surface area contributed by atoms with Crippen molar-refractivity contribution in [3.05, 3.63) is 46.8 Å². The predicted molar refractivity (Wildman–Crippen MR) is 85.6 cm³/mol. The molecule has 0 aliphatic heterocycles. The van der Waals surface area contributed by atoms with Crippen LogP contribution in [0, 0.1) is 13.8 Å². The molecule has 0 radical (unpaired) electrons. The molecule has 0 bridgehead atoms. The van der Waals surface area contributed by atoms with Gasteiger partial charge >= 0.3 is 5.97 Å². The Hall–Kier alpha value is -3.09. The number of aromatic nitrogens is 3. The summed E-state index contributed by atoms with van der Waals surface area (Å²) in [6.45, 7) is 3.82. The molecule has 0 fully saturated rings. The number of carboxylic acids is 1. The van der Waals surface area contributed by atoms with Gasteiger partial charge in [0.2, 0.25) is 5.95 Å². The summed E-state index contributed by atoms with van der Waals surface area (Å²) in [7, 11) is 0. The van der Waals surface area contributed by atoms with Crippen molar-refractivity contribution >= 4 is 23.0 Å². The van der Waals surface area contributed by atoms with Crippen LogP contribution in [0.5, 0.6) is 5.75 Å². The summed E-state index contributed by atoms with van der Waals surface area (Å²) >= 11 is 0. The molecule has 3 rings (SSSR count). The molecule has 118 valence electrons. The number of pyridine rings is 1. The first kappa shape index (κ1) is 14.8. The minimum Gasteiger partial charge on any atom is -0.506 e. The van der Waals surface area contributed by atoms with Crippen LogP contribution < -0.4 is 5.73 Å². The molecule has 23 heavy (non-hydrogen) atoms. The zero-order valence-corrected chi connectivity index (χ0v) is 12.7. The van der Waals surface area contributed by atoms with Gasteiger partial charge in [-0.15, -0.1) is 0 Å². The molecule has 0 saturated heterocycles. The Morgan fingerprint density at radius 1 is 1.26 bits per heavy atom. The first-order valence-corrected chi connectivity index (χ1v) is 7.02. The standard InChI is InChI=1S/C16H16N4O3/c1-8-5-10(15(22)23)6-12-14(8)19-16(17)20(12)7-11-13(21)4-3-9(2)18-11/h3-6,21H,7H2,1-2H3,(H2,17,19)(H,22,23). The monoisotopic (exact) mass is 312 g/mol. The van der Waals surface area contributed by atoms with E-state index in [1.54, 1.807) is 29.7 Å². The average Bonchev–Trinajstić information content (AvgIpc) is 2.80. The highest BCUT2D eigenvalue weighted by Gasteiger charge is 2.16. The van der Waals surface area contributed by atoms with Crippen LogP contribution in [0.2, 0.25) is 0 Å². The summed E-state index contributed by atoms with van der Waals surface area (Å²) < 4.78 is 1.65. The average molecular weight is 312 g/mol. The number of aromatic carboxylic acids is 1. The summed E-state index contributed by atoms with van der Waals surface area (Å²) in [5.74, 6) is -0.714. The lowest BCUT2D eigenvalue weighted by molar-refractivity contribution is 0.0697. The molecule has 4 N–H and O–H groups in total. The van der Waals surface area contributed by atoms with E-state index >= 15 is 0 Å². The Balaban J connectivity index is 2.18. The number of imidazole rings is 1. The largest absolute Gasteiger partial charge is 0.506 e. The van der Waals surface area contributed by atoms with E-state index in [2.05, 4.69) is 9.97 Å². The van der Waals surface area contributed by atoms with Crippen molar-refractivity contribution in [1.29, 1.82) is 0 Å². The second-order valence-electron chi connectivity index (χ2n) is 5.44. The number of nitrogens with two attached hydrogens (primary N) is 1. The first-order valence-electron chi connectivity index (χ1n) is 7.02. The number of nitrogen functional groups attached to an aromatic ring is 1. The Bertz CT molecular complexity index is 931. The smallest absolute Gasteiger partial charge is 0.335 e. The quantitative estimate of drug-likeness (QED) is 0.682. The molecule has 2 heterocycles. The van der Waals surface area contributed by atoms with Crippen LogP contribution in [0.3, 0.4) is 0 Å². The molecule has 0 atom stereocenters. The SMILES string of the molecule is Cc1ccc(O)c(Cn2c(N)nc3c(C)cc(C(=O)O)cc32)n1. The third-order valence-corrected chi connectivity index (χ3v) is 3.72. The second kappa shape index (κ2) is 5.28. The van der Waals surface area contributed by atoms with Gasteiger partial charge in [0.25, 0.3) is 0 Å². The maximum atomic E-state index is 11.3. The number of benzene rings is 1. The molecule has 7 nitrogen and oxygen atoms in total. The number of aryl methyl sites for hydroxylation is 2. The molecule has 0 aliphatic carbocycles. The van der Waals surface area contributed by atoms with Gasteiger partial charge in [0.05, 0.1) is 23.1 Å². The van der Waals surface area contributed by atoms with Gasteiger partial charge in [-0.3, -0.25) is 4.98 Å². The van der Waals surface area contributed by atoms with Crippen LogP contribution in [-0.4, -0.2) is 30.7 Å². The van der Waals surface area contributed by atoms with E-state index in [0.717, 1.165) is 11.3 Å². The van der Waals surface area contributed by atoms with E-state index in [0.29, 0.717) is 16.7 Å². The van der Waals surface area contributed by atoms with Crippen molar-refractivity contribution in [2.75, 3.05) is 5.73 Å². The summed E-state index contributed by atoms with van der Waals surface area (Å²) in [6, 6.07) is 6.37. The summed E-state index contributed by atoms with van der Waals surface area (Å²) in [5, 5.41) is 19.2. The highest BCUT2D eigenvalue weighted by molar-refractivity contribution is 5.94. The second-order valence-corrected chi connectivity index (χ2v) is 5.44. The fourth-order valence-electron chi connectivity index (χ4n) is 2.57. The van der Waals surface area contributed by atoms with E-state index in [4.69, 9.17) is 5.73 Å². The summed E-state index contributed by atoms with van der Waals surface area (Å²) in [4.78, 5) is 19.9. The molecule has 0 saturated carbocycles. The topological polar surface area (TPSA) is 114 Å². The van der Waals surface area contributed by atoms with E-state index in [9.17, 15) is 15.0 Å². The number of anilines is 1. The highest BCUT2D eigenvalue weighted by Crippen LogP contribution is 2.26. The van der Waals surface area contributed by atoms with Crippen LogP contribution >= 0.6 is 0 Å². The number of hydrogen-bond donors (Lipinski definition) is 3. The first-order chi connectivity index (χ1) is 10.9. The van der Waals surface area contributed by atoms with Crippen LogP contribution in [0.25, 0.3) is 11.0 Å². The zero-order valence-electron chi connectivity index (χ0n) is 12.7. The Labute approximate surface area is 132 Å². The van der Waals surface area contributed by atoms with E-state index in [1.807, 2.05) is 6.92 Å². The van der Waals surface area contributed by atoms with Crippen molar-refractivity contribution in [1.82, 2.24) is 14.5 Å². The molecule has 0 spiro atoms. The summed E-state index contributed by atoms with van der Waals surface area (Å²) in [6.07, 6.45) is 0. The normalized spacial score (nSPS) is 11.0. The third-order valence-electron chi connectivity index (χ3n) is 3.72. The summed E-state index contributed by atoms with van der Waals surface area (Å²) in [5.41, 5.74) is 9.33. The van der Waals surface area contributed by atoms with E-state index < -0.39 is 5.97 Å². The van der Waals surface area contributed by atoms with Crippen molar-refractivity contribution in [3.8, 4) is 5.75 Å². The van der Waals surface area contributed by atoms with Gasteiger partial charge in [-0.25, -0.2) is 9.78 Å². The fourth-order valence-corrected chi connectivity index (χ4v) is 2.57. The molecule has 7 heteroatoms.